The van der Waals surface area contributed by atoms with Crippen LogP contribution in [0.2, 0.25) is 0 Å². The van der Waals surface area contributed by atoms with Crippen molar-refractivity contribution >= 4 is 17.5 Å². The monoisotopic (exact) mass is 213 g/mol. The number of aliphatic hydroxyl groups excluding tert-OH is 1. The molecule has 0 aliphatic heterocycles. The summed E-state index contributed by atoms with van der Waals surface area (Å²) in [6.07, 6.45) is -0.141. The molecule has 1 rings (SSSR count). The average molecular weight is 213 g/mol. The van der Waals surface area contributed by atoms with Crippen LogP contribution in [0.3, 0.4) is 0 Å². The Morgan fingerprint density at radius 1 is 1.67 bits per heavy atom. The molecule has 0 aliphatic rings. The third-order valence-electron chi connectivity index (χ3n) is 1.68. The van der Waals surface area contributed by atoms with Crippen LogP contribution < -0.4 is 16.8 Å². The minimum atomic E-state index is -1.42. The lowest BCUT2D eigenvalue weighted by Gasteiger charge is -2.07. The molecule has 82 valence electrons. The zero-order valence-corrected chi connectivity index (χ0v) is 7.73. The molecule has 7 N–H and O–H groups in total. The Kier molecular flexibility index (Phi) is 3.24. The van der Waals surface area contributed by atoms with Crippen molar-refractivity contribution in [3.05, 3.63) is 11.9 Å². The van der Waals surface area contributed by atoms with E-state index >= 15 is 0 Å². The van der Waals surface area contributed by atoms with Crippen LogP contribution in [0.15, 0.2) is 6.20 Å². The number of nitrogens with zero attached hydrogens (tertiary/aromatic N) is 1. The fraction of sp³-hybridized carbons (Fsp3) is 0.286. The molecule has 8 nitrogen and oxygen atoms in total. The maximum Gasteiger partial charge on any atom is 0.271 e. The highest BCUT2D eigenvalue weighted by atomic mass is 16.3. The Bertz CT molecular complexity index is 374. The van der Waals surface area contributed by atoms with E-state index < -0.39 is 17.9 Å². The second-order valence-electron chi connectivity index (χ2n) is 2.83. The summed E-state index contributed by atoms with van der Waals surface area (Å²) < 4.78 is 0. The second kappa shape index (κ2) is 4.42. The number of amides is 2. The van der Waals surface area contributed by atoms with Crippen molar-refractivity contribution in [2.24, 2.45) is 5.73 Å². The van der Waals surface area contributed by atoms with Gasteiger partial charge in [-0.3, -0.25) is 14.7 Å². The number of rotatable bonds is 4. The molecule has 0 aliphatic carbocycles. The van der Waals surface area contributed by atoms with E-state index in [9.17, 15) is 9.59 Å². The molecular weight excluding hydrogens is 202 g/mol. The van der Waals surface area contributed by atoms with Crippen LogP contribution in [0.4, 0.5) is 5.69 Å². The largest absolute Gasteiger partial charge is 0.396 e. The van der Waals surface area contributed by atoms with Gasteiger partial charge in [0, 0.05) is 0 Å². The second-order valence-corrected chi connectivity index (χ2v) is 2.83. The van der Waals surface area contributed by atoms with Gasteiger partial charge in [-0.15, -0.1) is 0 Å². The van der Waals surface area contributed by atoms with Crippen LogP contribution in [0, 0.1) is 0 Å². The third kappa shape index (κ3) is 2.68. The normalized spacial score (nSPS) is 12.1. The van der Waals surface area contributed by atoms with Crippen molar-refractivity contribution in [3.8, 4) is 0 Å². The van der Waals surface area contributed by atoms with Gasteiger partial charge < -0.3 is 21.9 Å². The minimum absolute atomic E-state index is 0.0756. The molecule has 0 spiro atoms. The summed E-state index contributed by atoms with van der Waals surface area (Å²) in [4.78, 5) is 21.8. The van der Waals surface area contributed by atoms with Gasteiger partial charge in [-0.25, -0.2) is 0 Å². The number of nitrogens with two attached hydrogens (primary N) is 2. The molecule has 0 bridgehead atoms. The van der Waals surface area contributed by atoms with E-state index in [4.69, 9.17) is 16.6 Å². The van der Waals surface area contributed by atoms with Gasteiger partial charge in [0.15, 0.2) is 0 Å². The summed E-state index contributed by atoms with van der Waals surface area (Å²) in [5.74, 6) is -1.47. The standard InChI is InChI=1S/C7H11N5O3/c8-3-1-11-12-5(3)7(15)10-2-4(13)6(9)14/h1,4,13H,2,8H2,(H2,9,14)(H,10,15)(H,11,12). The Hall–Kier alpha value is -2.09. The van der Waals surface area contributed by atoms with Crippen LogP contribution in [0.5, 0.6) is 0 Å². The van der Waals surface area contributed by atoms with Gasteiger partial charge in [0.2, 0.25) is 5.91 Å². The van der Waals surface area contributed by atoms with E-state index in [2.05, 4.69) is 15.5 Å². The van der Waals surface area contributed by atoms with Crippen molar-refractivity contribution in [1.29, 1.82) is 0 Å². The molecule has 15 heavy (non-hydrogen) atoms. The first kappa shape index (κ1) is 11.0. The Balaban J connectivity index is 2.51. The first-order chi connectivity index (χ1) is 7.02. The summed E-state index contributed by atoms with van der Waals surface area (Å²) in [6, 6.07) is 0. The number of aromatic amines is 1. The fourth-order valence-electron chi connectivity index (χ4n) is 0.856. The summed E-state index contributed by atoms with van der Waals surface area (Å²) in [7, 11) is 0. The Morgan fingerprint density at radius 3 is 2.80 bits per heavy atom. The Morgan fingerprint density at radius 2 is 2.33 bits per heavy atom. The number of primary amides is 1. The fourth-order valence-corrected chi connectivity index (χ4v) is 0.856. The summed E-state index contributed by atoms with van der Waals surface area (Å²) >= 11 is 0. The SMILES string of the molecule is NC(=O)C(O)CNC(=O)c1[nH]ncc1N. The molecule has 1 heterocycles. The van der Waals surface area contributed by atoms with E-state index in [0.29, 0.717) is 0 Å². The zero-order valence-electron chi connectivity index (χ0n) is 7.73. The highest BCUT2D eigenvalue weighted by Crippen LogP contribution is 2.04. The van der Waals surface area contributed by atoms with Crippen LogP contribution >= 0.6 is 0 Å². The van der Waals surface area contributed by atoms with Crippen molar-refractivity contribution in [2.75, 3.05) is 12.3 Å². The minimum Gasteiger partial charge on any atom is -0.396 e. The van der Waals surface area contributed by atoms with Gasteiger partial charge >= 0.3 is 0 Å². The van der Waals surface area contributed by atoms with Gasteiger partial charge in [-0.05, 0) is 0 Å². The highest BCUT2D eigenvalue weighted by molar-refractivity contribution is 5.97. The molecule has 1 aromatic heterocycles. The maximum absolute atomic E-state index is 11.3. The molecule has 1 aromatic rings. The number of anilines is 1. The number of aromatic nitrogens is 2. The van der Waals surface area contributed by atoms with Gasteiger partial charge in [-0.1, -0.05) is 0 Å². The lowest BCUT2D eigenvalue weighted by molar-refractivity contribution is -0.125. The lowest BCUT2D eigenvalue weighted by Crippen LogP contribution is -2.40. The summed E-state index contributed by atoms with van der Waals surface area (Å²) in [5, 5.41) is 17.2. The van der Waals surface area contributed by atoms with Crippen LogP contribution in [-0.2, 0) is 4.79 Å². The van der Waals surface area contributed by atoms with Crippen molar-refractivity contribution in [1.82, 2.24) is 15.5 Å². The number of nitrogens with one attached hydrogen (secondary N) is 2. The van der Waals surface area contributed by atoms with E-state index in [0.717, 1.165) is 0 Å². The smallest absolute Gasteiger partial charge is 0.271 e. The van der Waals surface area contributed by atoms with Gasteiger partial charge in [0.05, 0.1) is 18.4 Å². The molecular formula is C7H11N5O3. The zero-order chi connectivity index (χ0) is 11.4. The van der Waals surface area contributed by atoms with Crippen LogP contribution in [0.25, 0.3) is 0 Å². The van der Waals surface area contributed by atoms with Crippen LogP contribution in [0.1, 0.15) is 10.5 Å². The van der Waals surface area contributed by atoms with Crippen molar-refractivity contribution in [3.63, 3.8) is 0 Å². The van der Waals surface area contributed by atoms with Gasteiger partial charge in [0.1, 0.15) is 11.8 Å². The number of carbonyl (C=O) groups is 2. The van der Waals surface area contributed by atoms with Gasteiger partial charge in [-0.2, -0.15) is 5.10 Å². The first-order valence-electron chi connectivity index (χ1n) is 4.06. The molecule has 0 saturated carbocycles. The topological polar surface area (TPSA) is 147 Å². The van der Waals surface area contributed by atoms with Crippen LogP contribution in [-0.4, -0.2) is 39.8 Å². The molecule has 8 heteroatoms. The highest BCUT2D eigenvalue weighted by Gasteiger charge is 2.15. The number of carbonyl (C=O) groups excluding carboxylic acids is 2. The summed E-state index contributed by atoms with van der Waals surface area (Å²) in [6.45, 7) is -0.271. The Labute approximate surface area is 84.6 Å². The predicted molar refractivity (Wildman–Crippen MR) is 50.5 cm³/mol. The third-order valence-corrected chi connectivity index (χ3v) is 1.68. The van der Waals surface area contributed by atoms with Gasteiger partial charge in [0.25, 0.3) is 5.91 Å². The molecule has 1 unspecified atom stereocenters. The van der Waals surface area contributed by atoms with E-state index in [-0.39, 0.29) is 17.9 Å². The van der Waals surface area contributed by atoms with E-state index in [1.807, 2.05) is 0 Å². The van der Waals surface area contributed by atoms with Crippen molar-refractivity contribution < 1.29 is 14.7 Å². The summed E-state index contributed by atoms with van der Waals surface area (Å²) in [5.41, 5.74) is 10.4. The number of H-pyrrole nitrogens is 1. The lowest BCUT2D eigenvalue weighted by atomic mass is 10.3. The number of aliphatic hydroxyl groups is 1. The molecule has 0 fully saturated rings. The number of hydrogen-bond donors (Lipinski definition) is 5. The maximum atomic E-state index is 11.3. The number of hydrogen-bond acceptors (Lipinski definition) is 5. The molecule has 0 radical (unpaired) electrons. The van der Waals surface area contributed by atoms with Crippen molar-refractivity contribution in [2.45, 2.75) is 6.10 Å². The quantitative estimate of drug-likeness (QED) is 0.377. The molecule has 2 amide bonds. The molecule has 0 aromatic carbocycles. The van der Waals surface area contributed by atoms with E-state index in [1.165, 1.54) is 6.20 Å². The van der Waals surface area contributed by atoms with E-state index in [1.54, 1.807) is 0 Å². The molecule has 1 atom stereocenters. The first-order valence-corrected chi connectivity index (χ1v) is 4.06. The average Bonchev–Trinajstić information content (AvgIpc) is 2.60. The number of nitrogen functional groups attached to an aromatic ring is 1. The predicted octanol–water partition coefficient (Wildman–Crippen LogP) is -2.43. The molecule has 0 saturated heterocycles.